The molecule has 1 rings (SSSR count). The van der Waals surface area contributed by atoms with Crippen LogP contribution in [0.15, 0.2) is 30.3 Å². The van der Waals surface area contributed by atoms with Gasteiger partial charge in [0.25, 0.3) is 0 Å². The monoisotopic (exact) mass is 291 g/mol. The fourth-order valence-electron chi connectivity index (χ4n) is 2.04. The lowest BCUT2D eigenvalue weighted by molar-refractivity contribution is -0.122. The number of amides is 1. The molecule has 1 aromatic carbocycles. The Labute approximate surface area is 128 Å². The summed E-state index contributed by atoms with van der Waals surface area (Å²) in [6.07, 6.45) is 0.347. The number of rotatable bonds is 6. The van der Waals surface area contributed by atoms with Crippen LogP contribution in [0.2, 0.25) is 0 Å². The van der Waals surface area contributed by atoms with E-state index in [-0.39, 0.29) is 23.4 Å². The second-order valence-corrected chi connectivity index (χ2v) is 6.97. The average molecular weight is 291 g/mol. The molecule has 0 fully saturated rings. The summed E-state index contributed by atoms with van der Waals surface area (Å²) in [6, 6.07) is 9.88. The molecule has 2 unspecified atom stereocenters. The van der Waals surface area contributed by atoms with E-state index < -0.39 is 0 Å². The molecule has 0 bridgehead atoms. The highest BCUT2D eigenvalue weighted by molar-refractivity contribution is 5.77. The number of hydrogen-bond acceptors (Lipinski definition) is 3. The van der Waals surface area contributed by atoms with Gasteiger partial charge in [-0.25, -0.2) is 0 Å². The first-order valence-corrected chi connectivity index (χ1v) is 7.44. The summed E-state index contributed by atoms with van der Waals surface area (Å²) in [5.41, 5.74) is 7.14. The largest absolute Gasteiger partial charge is 0.348 e. The summed E-state index contributed by atoms with van der Waals surface area (Å²) in [5.74, 6) is 0.00753. The minimum absolute atomic E-state index is 0.00753. The van der Waals surface area contributed by atoms with Crippen molar-refractivity contribution in [3.8, 4) is 0 Å². The first-order chi connectivity index (χ1) is 9.70. The van der Waals surface area contributed by atoms with E-state index in [2.05, 4.69) is 31.0 Å². The minimum Gasteiger partial charge on any atom is -0.348 e. The molecule has 0 saturated carbocycles. The lowest BCUT2D eigenvalue weighted by Gasteiger charge is -2.28. The summed E-state index contributed by atoms with van der Waals surface area (Å²) < 4.78 is 0. The molecule has 4 heteroatoms. The summed E-state index contributed by atoms with van der Waals surface area (Å²) in [6.45, 7) is 6.93. The molecule has 0 saturated heterocycles. The van der Waals surface area contributed by atoms with Gasteiger partial charge >= 0.3 is 0 Å². The Morgan fingerprint density at radius 3 is 2.29 bits per heavy atom. The predicted octanol–water partition coefficient (Wildman–Crippen LogP) is 2.17. The summed E-state index contributed by atoms with van der Waals surface area (Å²) in [7, 11) is 4.01. The molecule has 118 valence electrons. The first-order valence-electron chi connectivity index (χ1n) is 7.44. The van der Waals surface area contributed by atoms with Gasteiger partial charge in [-0.2, -0.15) is 0 Å². The average Bonchev–Trinajstić information content (AvgIpc) is 2.37. The van der Waals surface area contributed by atoms with E-state index in [4.69, 9.17) is 5.73 Å². The van der Waals surface area contributed by atoms with Crippen molar-refractivity contribution in [1.82, 2.24) is 10.2 Å². The second kappa shape index (κ2) is 7.57. The first kappa shape index (κ1) is 17.7. The van der Waals surface area contributed by atoms with Crippen LogP contribution in [0.1, 0.15) is 38.8 Å². The van der Waals surface area contributed by atoms with Gasteiger partial charge in [0.05, 0.1) is 6.04 Å². The summed E-state index contributed by atoms with van der Waals surface area (Å²) >= 11 is 0. The van der Waals surface area contributed by atoms with E-state index in [1.165, 1.54) is 0 Å². The van der Waals surface area contributed by atoms with Crippen molar-refractivity contribution in [2.45, 2.75) is 39.3 Å². The fraction of sp³-hybridized carbons (Fsp3) is 0.588. The standard InChI is InChI=1S/C17H29N3O/c1-17(2,3)15(18)11-16(21)19-14(12-20(4)5)13-9-7-6-8-10-13/h6-10,14-15H,11-12,18H2,1-5H3,(H,19,21). The minimum atomic E-state index is -0.145. The van der Waals surface area contributed by atoms with Gasteiger partial charge in [0, 0.05) is 19.0 Å². The molecule has 2 atom stereocenters. The lowest BCUT2D eigenvalue weighted by Crippen LogP contribution is -2.42. The van der Waals surface area contributed by atoms with Crippen LogP contribution in [0.5, 0.6) is 0 Å². The summed E-state index contributed by atoms with van der Waals surface area (Å²) in [5, 5.41) is 3.11. The van der Waals surface area contributed by atoms with Crippen molar-refractivity contribution >= 4 is 5.91 Å². The van der Waals surface area contributed by atoms with Gasteiger partial charge in [-0.15, -0.1) is 0 Å². The molecule has 0 aromatic heterocycles. The zero-order chi connectivity index (χ0) is 16.0. The fourth-order valence-corrected chi connectivity index (χ4v) is 2.04. The quantitative estimate of drug-likeness (QED) is 0.844. The van der Waals surface area contributed by atoms with Gasteiger partial charge in [0.1, 0.15) is 0 Å². The van der Waals surface area contributed by atoms with Crippen LogP contribution in [0.4, 0.5) is 0 Å². The smallest absolute Gasteiger partial charge is 0.222 e. The number of carbonyl (C=O) groups is 1. The number of nitrogens with two attached hydrogens (primary N) is 1. The third-order valence-corrected chi connectivity index (χ3v) is 3.60. The van der Waals surface area contributed by atoms with Gasteiger partial charge < -0.3 is 16.0 Å². The molecular weight excluding hydrogens is 262 g/mol. The Bertz CT molecular complexity index is 437. The zero-order valence-corrected chi connectivity index (χ0v) is 13.9. The van der Waals surface area contributed by atoms with Crippen molar-refractivity contribution in [2.24, 2.45) is 11.1 Å². The molecule has 0 aliphatic rings. The van der Waals surface area contributed by atoms with Gasteiger partial charge in [-0.1, -0.05) is 51.1 Å². The third-order valence-electron chi connectivity index (χ3n) is 3.60. The van der Waals surface area contributed by atoms with Crippen molar-refractivity contribution in [3.63, 3.8) is 0 Å². The maximum Gasteiger partial charge on any atom is 0.222 e. The molecule has 0 heterocycles. The number of hydrogen-bond donors (Lipinski definition) is 2. The molecule has 3 N–H and O–H groups in total. The predicted molar refractivity (Wildman–Crippen MR) is 87.9 cm³/mol. The van der Waals surface area contributed by atoms with E-state index in [0.717, 1.165) is 12.1 Å². The Morgan fingerprint density at radius 2 is 1.81 bits per heavy atom. The van der Waals surface area contributed by atoms with E-state index in [1.54, 1.807) is 0 Å². The SMILES string of the molecule is CN(C)CC(NC(=O)CC(N)C(C)(C)C)c1ccccc1. The van der Waals surface area contributed by atoms with Gasteiger partial charge in [0.15, 0.2) is 0 Å². The van der Waals surface area contributed by atoms with Crippen LogP contribution in [-0.2, 0) is 4.79 Å². The number of nitrogens with one attached hydrogen (secondary N) is 1. The van der Waals surface area contributed by atoms with Crippen LogP contribution in [0.3, 0.4) is 0 Å². The Morgan fingerprint density at radius 1 is 1.24 bits per heavy atom. The molecule has 0 radical (unpaired) electrons. The number of carbonyl (C=O) groups excluding carboxylic acids is 1. The van der Waals surface area contributed by atoms with Crippen molar-refractivity contribution in [1.29, 1.82) is 0 Å². The van der Waals surface area contributed by atoms with E-state index >= 15 is 0 Å². The van der Waals surface area contributed by atoms with Crippen LogP contribution >= 0.6 is 0 Å². The van der Waals surface area contributed by atoms with Crippen LogP contribution < -0.4 is 11.1 Å². The van der Waals surface area contributed by atoms with E-state index in [0.29, 0.717) is 6.42 Å². The third kappa shape index (κ3) is 6.27. The van der Waals surface area contributed by atoms with Crippen molar-refractivity contribution in [2.75, 3.05) is 20.6 Å². The van der Waals surface area contributed by atoms with Crippen LogP contribution in [-0.4, -0.2) is 37.5 Å². The molecule has 1 amide bonds. The Hall–Kier alpha value is -1.39. The van der Waals surface area contributed by atoms with Crippen molar-refractivity contribution < 1.29 is 4.79 Å². The molecule has 0 spiro atoms. The maximum atomic E-state index is 12.3. The van der Waals surface area contributed by atoms with Crippen LogP contribution in [0, 0.1) is 5.41 Å². The number of benzene rings is 1. The second-order valence-electron chi connectivity index (χ2n) is 6.97. The molecule has 1 aromatic rings. The Kier molecular flexibility index (Phi) is 6.37. The molecule has 4 nitrogen and oxygen atoms in total. The van der Waals surface area contributed by atoms with E-state index in [9.17, 15) is 4.79 Å². The van der Waals surface area contributed by atoms with E-state index in [1.807, 2.05) is 44.4 Å². The molecule has 0 aliphatic carbocycles. The lowest BCUT2D eigenvalue weighted by atomic mass is 9.85. The van der Waals surface area contributed by atoms with Gasteiger partial charge in [-0.3, -0.25) is 4.79 Å². The highest BCUT2D eigenvalue weighted by atomic mass is 16.1. The molecule has 0 aliphatic heterocycles. The number of nitrogens with zero attached hydrogens (tertiary/aromatic N) is 1. The normalized spacial score (nSPS) is 14.8. The highest BCUT2D eigenvalue weighted by Gasteiger charge is 2.24. The van der Waals surface area contributed by atoms with Crippen LogP contribution in [0.25, 0.3) is 0 Å². The summed E-state index contributed by atoms with van der Waals surface area (Å²) in [4.78, 5) is 14.3. The Balaban J connectivity index is 2.71. The van der Waals surface area contributed by atoms with Gasteiger partial charge in [-0.05, 0) is 25.1 Å². The number of likely N-dealkylation sites (N-methyl/N-ethyl adjacent to an activating group) is 1. The van der Waals surface area contributed by atoms with Gasteiger partial charge in [0.2, 0.25) is 5.91 Å². The topological polar surface area (TPSA) is 58.4 Å². The molecule has 21 heavy (non-hydrogen) atoms. The highest BCUT2D eigenvalue weighted by Crippen LogP contribution is 2.20. The zero-order valence-electron chi connectivity index (χ0n) is 13.9. The van der Waals surface area contributed by atoms with Crippen molar-refractivity contribution in [3.05, 3.63) is 35.9 Å². The molecular formula is C17H29N3O. The maximum absolute atomic E-state index is 12.3.